The lowest BCUT2D eigenvalue weighted by Crippen LogP contribution is -2.61. The number of nitrogens with zero attached hydrogens (tertiary/aromatic N) is 3. The second kappa shape index (κ2) is 11.2. The Kier molecular flexibility index (Phi) is 6.21. The fourth-order valence-electron chi connectivity index (χ4n) is 9.47. The maximum absolute atomic E-state index is 14.8. The van der Waals surface area contributed by atoms with Crippen molar-refractivity contribution in [1.82, 2.24) is 4.57 Å². The van der Waals surface area contributed by atoms with Crippen molar-refractivity contribution in [1.29, 1.82) is 0 Å². The standard InChI is InChI=1S/C49H31BFN3O/c1-30-14-20-35(21-15-30)52-41-12-7-13-42-45(41)50(46-43(52)27-17-32-28-29-55-49(32)46)39-25-24-38-44-37-11-6-5-8-31(37)16-26-40(44)53(34-9-3-2-4-10-34)47(38)48(39)54(42)36-22-18-33(51)19-23-36/h2-29H,1H3. The number of aromatic nitrogens is 1. The summed E-state index contributed by atoms with van der Waals surface area (Å²) in [5, 5.41) is 5.84. The molecule has 0 bridgehead atoms. The van der Waals surface area contributed by atoms with Gasteiger partial charge in [-0.25, -0.2) is 4.39 Å². The molecule has 0 aliphatic carbocycles. The van der Waals surface area contributed by atoms with E-state index in [9.17, 15) is 4.39 Å². The van der Waals surface area contributed by atoms with Crippen molar-refractivity contribution < 1.29 is 8.81 Å². The van der Waals surface area contributed by atoms with Crippen molar-refractivity contribution in [2.75, 3.05) is 9.80 Å². The number of rotatable bonds is 3. The first-order valence-electron chi connectivity index (χ1n) is 18.7. The average Bonchev–Trinajstić information content (AvgIpc) is 3.85. The molecular formula is C49H31BFN3O. The van der Waals surface area contributed by atoms with E-state index in [1.165, 1.54) is 27.2 Å². The Hall–Kier alpha value is -7.05. The van der Waals surface area contributed by atoms with Crippen LogP contribution >= 0.6 is 0 Å². The molecule has 0 amide bonds. The first-order chi connectivity index (χ1) is 27.1. The van der Waals surface area contributed by atoms with Gasteiger partial charge in [-0.3, -0.25) is 0 Å². The van der Waals surface area contributed by atoms with Gasteiger partial charge in [0.05, 0.1) is 23.0 Å². The summed E-state index contributed by atoms with van der Waals surface area (Å²) in [7, 11) is 0. The molecule has 0 saturated heterocycles. The van der Waals surface area contributed by atoms with Gasteiger partial charge in [-0.1, -0.05) is 84.4 Å². The van der Waals surface area contributed by atoms with Gasteiger partial charge < -0.3 is 18.8 Å². The number of anilines is 6. The maximum Gasteiger partial charge on any atom is 0.257 e. The Bertz CT molecular complexity index is 3190. The van der Waals surface area contributed by atoms with Crippen molar-refractivity contribution in [3.8, 4) is 5.69 Å². The fourth-order valence-corrected chi connectivity index (χ4v) is 9.47. The zero-order valence-corrected chi connectivity index (χ0v) is 29.9. The summed E-state index contributed by atoms with van der Waals surface area (Å²) in [6.07, 6.45) is 1.80. The van der Waals surface area contributed by atoms with Crippen LogP contribution in [-0.4, -0.2) is 11.3 Å². The molecular weight excluding hydrogens is 676 g/mol. The van der Waals surface area contributed by atoms with Crippen LogP contribution in [0.4, 0.5) is 38.5 Å². The fraction of sp³-hybridized carbons (Fsp3) is 0.0204. The van der Waals surface area contributed by atoms with E-state index in [0.717, 1.165) is 78.1 Å². The van der Waals surface area contributed by atoms with Crippen LogP contribution in [0.2, 0.25) is 0 Å². The molecule has 4 heterocycles. The Labute approximate surface area is 317 Å². The molecule has 2 aliphatic rings. The van der Waals surface area contributed by atoms with Crippen molar-refractivity contribution in [3.05, 3.63) is 181 Å². The van der Waals surface area contributed by atoms with E-state index in [0.29, 0.717) is 0 Å². The number of benzene rings is 8. The van der Waals surface area contributed by atoms with Crippen molar-refractivity contribution in [3.63, 3.8) is 0 Å². The monoisotopic (exact) mass is 707 g/mol. The summed E-state index contributed by atoms with van der Waals surface area (Å²) in [5.41, 5.74) is 15.2. The molecule has 2 aromatic heterocycles. The summed E-state index contributed by atoms with van der Waals surface area (Å²) in [6.45, 7) is 1.96. The number of fused-ring (bicyclic) bond motifs is 12. The molecule has 10 aromatic rings. The van der Waals surface area contributed by atoms with E-state index in [2.05, 4.69) is 161 Å². The van der Waals surface area contributed by atoms with Gasteiger partial charge in [-0.2, -0.15) is 0 Å². The molecule has 0 fully saturated rings. The summed E-state index contributed by atoms with van der Waals surface area (Å²) < 4.78 is 23.7. The number of hydrogen-bond acceptors (Lipinski definition) is 3. The molecule has 12 rings (SSSR count). The predicted octanol–water partition coefficient (Wildman–Crippen LogP) is 11.2. The third-order valence-corrected chi connectivity index (χ3v) is 11.7. The van der Waals surface area contributed by atoms with Crippen LogP contribution in [0.3, 0.4) is 0 Å². The van der Waals surface area contributed by atoms with Gasteiger partial charge in [0.25, 0.3) is 6.71 Å². The van der Waals surface area contributed by atoms with Crippen LogP contribution in [0.1, 0.15) is 5.56 Å². The van der Waals surface area contributed by atoms with E-state index in [1.54, 1.807) is 18.4 Å². The van der Waals surface area contributed by atoms with Crippen LogP contribution in [0, 0.1) is 12.7 Å². The molecule has 2 aliphatic heterocycles. The lowest BCUT2D eigenvalue weighted by Gasteiger charge is -2.44. The highest BCUT2D eigenvalue weighted by molar-refractivity contribution is 7.01. The molecule has 6 heteroatoms. The van der Waals surface area contributed by atoms with Gasteiger partial charge >= 0.3 is 0 Å². The van der Waals surface area contributed by atoms with Crippen molar-refractivity contribution in [2.24, 2.45) is 0 Å². The zero-order valence-electron chi connectivity index (χ0n) is 29.9. The minimum atomic E-state index is -0.267. The second-order valence-corrected chi connectivity index (χ2v) is 14.7. The Morgan fingerprint density at radius 1 is 0.527 bits per heavy atom. The van der Waals surface area contributed by atoms with Gasteiger partial charge in [0.1, 0.15) is 11.4 Å². The van der Waals surface area contributed by atoms with Crippen molar-refractivity contribution >= 4 is 101 Å². The van der Waals surface area contributed by atoms with Crippen LogP contribution in [0.5, 0.6) is 0 Å². The highest BCUT2D eigenvalue weighted by atomic mass is 19.1. The minimum Gasteiger partial charge on any atom is -0.465 e. The number of halogens is 1. The van der Waals surface area contributed by atoms with E-state index in [1.807, 2.05) is 12.1 Å². The molecule has 0 spiro atoms. The summed E-state index contributed by atoms with van der Waals surface area (Å²) in [4.78, 5) is 4.75. The van der Waals surface area contributed by atoms with Gasteiger partial charge in [0.15, 0.2) is 0 Å². The largest absolute Gasteiger partial charge is 0.465 e. The highest BCUT2D eigenvalue weighted by Crippen LogP contribution is 2.49. The summed E-state index contributed by atoms with van der Waals surface area (Å²) in [6, 6.07) is 57.2. The SMILES string of the molecule is Cc1ccc(N2c3cccc4c3B(c3ccc5c6c7ccccc7ccc6n(-c6ccccc6)c5c3N4c3ccc(F)cc3)c3c2ccc2ccoc32)cc1. The van der Waals surface area contributed by atoms with E-state index in [4.69, 9.17) is 4.42 Å². The summed E-state index contributed by atoms with van der Waals surface area (Å²) in [5.74, 6) is -0.267. The molecule has 258 valence electrons. The van der Waals surface area contributed by atoms with Crippen LogP contribution in [0.25, 0.3) is 49.2 Å². The molecule has 0 unspecified atom stereocenters. The second-order valence-electron chi connectivity index (χ2n) is 14.7. The van der Waals surface area contributed by atoms with Crippen molar-refractivity contribution in [2.45, 2.75) is 6.92 Å². The normalized spacial score (nSPS) is 13.2. The minimum absolute atomic E-state index is 0.159. The van der Waals surface area contributed by atoms with Crippen LogP contribution < -0.4 is 26.2 Å². The quantitative estimate of drug-likeness (QED) is 0.171. The zero-order chi connectivity index (χ0) is 36.4. The molecule has 4 nitrogen and oxygen atoms in total. The molecule has 8 aromatic carbocycles. The maximum atomic E-state index is 14.8. The van der Waals surface area contributed by atoms with Gasteiger partial charge in [0, 0.05) is 50.3 Å². The third kappa shape index (κ3) is 4.16. The van der Waals surface area contributed by atoms with E-state index >= 15 is 0 Å². The van der Waals surface area contributed by atoms with Gasteiger partial charge in [0.2, 0.25) is 0 Å². The Balaban J connectivity index is 1.28. The highest BCUT2D eigenvalue weighted by Gasteiger charge is 2.46. The lowest BCUT2D eigenvalue weighted by molar-refractivity contribution is 0.618. The van der Waals surface area contributed by atoms with E-state index < -0.39 is 0 Å². The number of aryl methyl sites for hydroxylation is 1. The third-order valence-electron chi connectivity index (χ3n) is 11.7. The number of para-hydroxylation sites is 1. The van der Waals surface area contributed by atoms with Crippen LogP contribution in [-0.2, 0) is 0 Å². The lowest BCUT2D eigenvalue weighted by atomic mass is 9.33. The molecule has 0 N–H and O–H groups in total. The number of furan rings is 1. The Morgan fingerprint density at radius 3 is 2.07 bits per heavy atom. The first-order valence-corrected chi connectivity index (χ1v) is 18.7. The Morgan fingerprint density at radius 2 is 1.24 bits per heavy atom. The van der Waals surface area contributed by atoms with E-state index in [-0.39, 0.29) is 12.5 Å². The average molecular weight is 708 g/mol. The van der Waals surface area contributed by atoms with Crippen LogP contribution in [0.15, 0.2) is 174 Å². The molecule has 0 radical (unpaired) electrons. The first kappa shape index (κ1) is 30.4. The predicted molar refractivity (Wildman–Crippen MR) is 227 cm³/mol. The summed E-state index contributed by atoms with van der Waals surface area (Å²) >= 11 is 0. The molecule has 55 heavy (non-hydrogen) atoms. The molecule has 0 saturated carbocycles. The van der Waals surface area contributed by atoms with Gasteiger partial charge in [-0.15, -0.1) is 0 Å². The molecule has 0 atom stereocenters. The van der Waals surface area contributed by atoms with Gasteiger partial charge in [-0.05, 0) is 119 Å². The number of hydrogen-bond donors (Lipinski definition) is 0. The smallest absolute Gasteiger partial charge is 0.257 e. The topological polar surface area (TPSA) is 24.6 Å².